The molecule has 0 saturated carbocycles. The summed E-state index contributed by atoms with van der Waals surface area (Å²) in [5.74, 6) is -1.20. The minimum absolute atomic E-state index is 0.0451. The highest BCUT2D eigenvalue weighted by atomic mass is 35.5. The van der Waals surface area contributed by atoms with E-state index in [1.165, 1.54) is 0 Å². The molecule has 0 radical (unpaired) electrons. The Morgan fingerprint density at radius 1 is 1.47 bits per heavy atom. The number of nitrogens with two attached hydrogens (primary N) is 1. The topological polar surface area (TPSA) is 63.3 Å². The molecule has 0 heterocycles. The summed E-state index contributed by atoms with van der Waals surface area (Å²) in [4.78, 5) is 10.6. The van der Waals surface area contributed by atoms with Crippen molar-refractivity contribution in [3.63, 3.8) is 0 Å². The second-order valence-corrected chi connectivity index (χ2v) is 3.96. The van der Waals surface area contributed by atoms with Crippen LogP contribution in [0.15, 0.2) is 18.2 Å². The molecule has 0 spiro atoms. The Hall–Kier alpha value is -0.770. The summed E-state index contributed by atoms with van der Waals surface area (Å²) in [6.07, 6.45) is -0.0451. The Morgan fingerprint density at radius 2 is 2.13 bits per heavy atom. The fourth-order valence-corrected chi connectivity index (χ4v) is 1.83. The van der Waals surface area contributed by atoms with Gasteiger partial charge in [0.25, 0.3) is 0 Å². The molecule has 1 aromatic rings. The number of rotatable bonds is 4. The van der Waals surface area contributed by atoms with Crippen LogP contribution in [0.5, 0.6) is 0 Å². The summed E-state index contributed by atoms with van der Waals surface area (Å²) in [6, 6.07) is 5.13. The van der Waals surface area contributed by atoms with Crippen molar-refractivity contribution in [2.45, 2.75) is 12.3 Å². The fourth-order valence-electron chi connectivity index (χ4n) is 1.37. The van der Waals surface area contributed by atoms with E-state index in [0.29, 0.717) is 15.6 Å². The average molecular weight is 248 g/mol. The third-order valence-corrected chi connectivity index (χ3v) is 2.96. The Kier molecular flexibility index (Phi) is 4.39. The molecule has 0 bridgehead atoms. The van der Waals surface area contributed by atoms with E-state index >= 15 is 0 Å². The van der Waals surface area contributed by atoms with Gasteiger partial charge < -0.3 is 10.8 Å². The van der Waals surface area contributed by atoms with E-state index in [9.17, 15) is 4.79 Å². The quantitative estimate of drug-likeness (QED) is 0.860. The fraction of sp³-hybridized carbons (Fsp3) is 0.300. The van der Waals surface area contributed by atoms with Crippen LogP contribution in [0, 0.1) is 0 Å². The van der Waals surface area contributed by atoms with E-state index in [1.807, 2.05) is 0 Å². The zero-order chi connectivity index (χ0) is 11.4. The molecule has 0 unspecified atom stereocenters. The van der Waals surface area contributed by atoms with Crippen LogP contribution in [-0.2, 0) is 4.79 Å². The maximum Gasteiger partial charge on any atom is 0.304 e. The van der Waals surface area contributed by atoms with Gasteiger partial charge in [-0.05, 0) is 18.2 Å². The summed E-state index contributed by atoms with van der Waals surface area (Å²) >= 11 is 11.8. The SMILES string of the molecule is NC[C@@H](CC(=O)O)c1cccc(Cl)c1Cl. The highest BCUT2D eigenvalue weighted by Gasteiger charge is 2.17. The molecule has 0 aliphatic rings. The minimum atomic E-state index is -0.901. The third kappa shape index (κ3) is 3.09. The molecule has 0 aromatic heterocycles. The van der Waals surface area contributed by atoms with Crippen molar-refractivity contribution < 1.29 is 9.90 Å². The summed E-state index contributed by atoms with van der Waals surface area (Å²) in [6.45, 7) is 0.229. The maximum atomic E-state index is 10.6. The number of carbonyl (C=O) groups is 1. The molecule has 82 valence electrons. The number of halogens is 2. The van der Waals surface area contributed by atoms with E-state index in [4.69, 9.17) is 34.0 Å². The molecule has 1 rings (SSSR count). The highest BCUT2D eigenvalue weighted by Crippen LogP contribution is 2.31. The number of hydrogen-bond acceptors (Lipinski definition) is 2. The number of carboxylic acids is 1. The van der Waals surface area contributed by atoms with Crippen LogP contribution in [0.4, 0.5) is 0 Å². The van der Waals surface area contributed by atoms with Gasteiger partial charge in [0.05, 0.1) is 16.5 Å². The number of hydrogen-bond donors (Lipinski definition) is 2. The van der Waals surface area contributed by atoms with Gasteiger partial charge in [0.2, 0.25) is 0 Å². The van der Waals surface area contributed by atoms with Gasteiger partial charge in [-0.1, -0.05) is 35.3 Å². The molecular formula is C10H11Cl2NO2. The number of benzene rings is 1. The largest absolute Gasteiger partial charge is 0.481 e. The van der Waals surface area contributed by atoms with Crippen molar-refractivity contribution in [3.8, 4) is 0 Å². The molecular weight excluding hydrogens is 237 g/mol. The Balaban J connectivity index is 3.01. The molecule has 0 aliphatic heterocycles. The predicted molar refractivity (Wildman–Crippen MR) is 60.5 cm³/mol. The average Bonchev–Trinajstić information content (AvgIpc) is 2.19. The molecule has 0 amide bonds. The van der Waals surface area contributed by atoms with Gasteiger partial charge in [0.1, 0.15) is 0 Å². The summed E-state index contributed by atoms with van der Waals surface area (Å²) in [5, 5.41) is 9.50. The van der Waals surface area contributed by atoms with Crippen molar-refractivity contribution in [1.82, 2.24) is 0 Å². The van der Waals surface area contributed by atoms with Crippen LogP contribution in [-0.4, -0.2) is 17.6 Å². The van der Waals surface area contributed by atoms with E-state index in [0.717, 1.165) is 0 Å². The van der Waals surface area contributed by atoms with Crippen molar-refractivity contribution in [2.75, 3.05) is 6.54 Å². The third-order valence-electron chi connectivity index (χ3n) is 2.13. The summed E-state index contributed by atoms with van der Waals surface area (Å²) in [5.41, 5.74) is 6.20. The molecule has 1 aromatic carbocycles. The van der Waals surface area contributed by atoms with Gasteiger partial charge >= 0.3 is 5.97 Å². The first kappa shape index (κ1) is 12.3. The first-order valence-corrected chi connectivity index (χ1v) is 5.17. The zero-order valence-corrected chi connectivity index (χ0v) is 9.42. The monoisotopic (exact) mass is 247 g/mol. The second kappa shape index (κ2) is 5.35. The van der Waals surface area contributed by atoms with Gasteiger partial charge in [0.15, 0.2) is 0 Å². The standard InChI is InChI=1S/C10H11Cl2NO2/c11-8-3-1-2-7(10(8)12)6(5-13)4-9(14)15/h1-3,6H,4-5,13H2,(H,14,15)/t6-/m1/s1. The van der Waals surface area contributed by atoms with Crippen molar-refractivity contribution in [1.29, 1.82) is 0 Å². The molecule has 3 nitrogen and oxygen atoms in total. The van der Waals surface area contributed by atoms with Crippen LogP contribution in [0.1, 0.15) is 17.9 Å². The van der Waals surface area contributed by atoms with Crippen LogP contribution in [0.3, 0.4) is 0 Å². The minimum Gasteiger partial charge on any atom is -0.481 e. The Labute approximate surface area is 97.8 Å². The van der Waals surface area contributed by atoms with Gasteiger partial charge in [-0.2, -0.15) is 0 Å². The lowest BCUT2D eigenvalue weighted by atomic mass is 9.96. The molecule has 0 fully saturated rings. The molecule has 0 aliphatic carbocycles. The van der Waals surface area contributed by atoms with Gasteiger partial charge in [-0.15, -0.1) is 0 Å². The Bertz CT molecular complexity index is 368. The molecule has 3 N–H and O–H groups in total. The second-order valence-electron chi connectivity index (χ2n) is 3.17. The summed E-state index contributed by atoms with van der Waals surface area (Å²) < 4.78 is 0. The van der Waals surface area contributed by atoms with Gasteiger partial charge in [-0.25, -0.2) is 0 Å². The molecule has 1 atom stereocenters. The van der Waals surface area contributed by atoms with Gasteiger partial charge in [0, 0.05) is 5.92 Å². The lowest BCUT2D eigenvalue weighted by Gasteiger charge is -2.14. The maximum absolute atomic E-state index is 10.6. The summed E-state index contributed by atoms with van der Waals surface area (Å²) in [7, 11) is 0. The van der Waals surface area contributed by atoms with E-state index < -0.39 is 5.97 Å². The van der Waals surface area contributed by atoms with Crippen molar-refractivity contribution in [2.24, 2.45) is 5.73 Å². The smallest absolute Gasteiger partial charge is 0.304 e. The van der Waals surface area contributed by atoms with Crippen molar-refractivity contribution >= 4 is 29.2 Å². The highest BCUT2D eigenvalue weighted by molar-refractivity contribution is 6.42. The van der Waals surface area contributed by atoms with E-state index in [2.05, 4.69) is 0 Å². The van der Waals surface area contributed by atoms with E-state index in [1.54, 1.807) is 18.2 Å². The first-order valence-electron chi connectivity index (χ1n) is 4.42. The first-order chi connectivity index (χ1) is 7.06. The van der Waals surface area contributed by atoms with Crippen LogP contribution >= 0.6 is 23.2 Å². The number of aliphatic carboxylic acids is 1. The zero-order valence-electron chi connectivity index (χ0n) is 7.91. The molecule has 15 heavy (non-hydrogen) atoms. The predicted octanol–water partition coefficient (Wildman–Crippen LogP) is 2.51. The lowest BCUT2D eigenvalue weighted by Crippen LogP contribution is -2.16. The van der Waals surface area contributed by atoms with Crippen LogP contribution < -0.4 is 5.73 Å². The van der Waals surface area contributed by atoms with Gasteiger partial charge in [-0.3, -0.25) is 4.79 Å². The lowest BCUT2D eigenvalue weighted by molar-refractivity contribution is -0.137. The molecule has 0 saturated heterocycles. The Morgan fingerprint density at radius 3 is 2.67 bits per heavy atom. The molecule has 5 heteroatoms. The van der Waals surface area contributed by atoms with E-state index in [-0.39, 0.29) is 18.9 Å². The van der Waals surface area contributed by atoms with Crippen LogP contribution in [0.25, 0.3) is 0 Å². The number of carboxylic acid groups (broad SMARTS) is 1. The normalized spacial score (nSPS) is 12.5. The van der Waals surface area contributed by atoms with Crippen molar-refractivity contribution in [3.05, 3.63) is 33.8 Å². The van der Waals surface area contributed by atoms with Crippen LogP contribution in [0.2, 0.25) is 10.0 Å².